The average molecular weight is 281 g/mol. The number of hydrogen-bond donors (Lipinski definition) is 0. The van der Waals surface area contributed by atoms with Gasteiger partial charge in [-0.25, -0.2) is 0 Å². The summed E-state index contributed by atoms with van der Waals surface area (Å²) >= 11 is 0. The lowest BCUT2D eigenvalue weighted by Crippen LogP contribution is -2.24. The molecule has 2 heterocycles. The van der Waals surface area contributed by atoms with Crippen molar-refractivity contribution in [2.24, 2.45) is 0 Å². The molecule has 0 spiro atoms. The maximum absolute atomic E-state index is 9.35. The second-order valence-corrected chi connectivity index (χ2v) is 5.50. The van der Waals surface area contributed by atoms with Gasteiger partial charge in [-0.2, -0.15) is 10.2 Å². The van der Waals surface area contributed by atoms with Crippen molar-refractivity contribution in [3.8, 4) is 17.5 Å². The molecule has 0 saturated carbocycles. The standard InChI is InChI=1S/C17H19N3O/c1-13-8-4-5-9-14(13)16-19-15(12-18)17(21-16)20-10-6-2-3-7-11-20/h4-5,8-9H,2-3,6-7,10-11H2,1H3. The Balaban J connectivity index is 1.99. The highest BCUT2D eigenvalue weighted by atomic mass is 16.4. The van der Waals surface area contributed by atoms with E-state index in [9.17, 15) is 5.26 Å². The van der Waals surface area contributed by atoms with Crippen LogP contribution in [0.25, 0.3) is 11.5 Å². The van der Waals surface area contributed by atoms with E-state index >= 15 is 0 Å². The molecule has 1 aliphatic rings. The molecule has 1 aromatic carbocycles. The van der Waals surface area contributed by atoms with E-state index in [1.165, 1.54) is 12.8 Å². The molecule has 0 N–H and O–H groups in total. The largest absolute Gasteiger partial charge is 0.419 e. The molecule has 1 saturated heterocycles. The third-order valence-electron chi connectivity index (χ3n) is 3.98. The van der Waals surface area contributed by atoms with Crippen molar-refractivity contribution in [1.82, 2.24) is 4.98 Å². The third-order valence-corrected chi connectivity index (χ3v) is 3.98. The van der Waals surface area contributed by atoms with Crippen LogP contribution < -0.4 is 4.90 Å². The molecule has 1 aliphatic heterocycles. The molecule has 0 amide bonds. The molecule has 1 fully saturated rings. The Hall–Kier alpha value is -2.28. The summed E-state index contributed by atoms with van der Waals surface area (Å²) in [4.78, 5) is 6.56. The van der Waals surface area contributed by atoms with Gasteiger partial charge < -0.3 is 9.32 Å². The zero-order valence-corrected chi connectivity index (χ0v) is 12.3. The maximum Gasteiger partial charge on any atom is 0.235 e. The maximum atomic E-state index is 9.35. The highest BCUT2D eigenvalue weighted by Gasteiger charge is 2.21. The number of anilines is 1. The van der Waals surface area contributed by atoms with Crippen molar-refractivity contribution in [3.63, 3.8) is 0 Å². The summed E-state index contributed by atoms with van der Waals surface area (Å²) in [5.74, 6) is 1.18. The number of oxazole rings is 1. The van der Waals surface area contributed by atoms with Gasteiger partial charge in [0.15, 0.2) is 0 Å². The zero-order chi connectivity index (χ0) is 14.7. The Morgan fingerprint density at radius 1 is 1.14 bits per heavy atom. The molecule has 4 heteroatoms. The predicted octanol–water partition coefficient (Wildman–Crippen LogP) is 3.90. The summed E-state index contributed by atoms with van der Waals surface area (Å²) in [6.45, 7) is 3.91. The van der Waals surface area contributed by atoms with Crippen LogP contribution in [0.4, 0.5) is 5.88 Å². The van der Waals surface area contributed by atoms with E-state index in [1.807, 2.05) is 31.2 Å². The van der Waals surface area contributed by atoms with E-state index in [0.717, 1.165) is 37.1 Å². The van der Waals surface area contributed by atoms with E-state index in [0.29, 0.717) is 17.5 Å². The monoisotopic (exact) mass is 281 g/mol. The lowest BCUT2D eigenvalue weighted by molar-refractivity contribution is 0.550. The molecule has 0 radical (unpaired) electrons. The Morgan fingerprint density at radius 2 is 1.86 bits per heavy atom. The first-order chi connectivity index (χ1) is 10.3. The number of rotatable bonds is 2. The van der Waals surface area contributed by atoms with Crippen LogP contribution in [-0.4, -0.2) is 18.1 Å². The highest BCUT2D eigenvalue weighted by molar-refractivity contribution is 5.62. The van der Waals surface area contributed by atoms with E-state index in [1.54, 1.807) is 0 Å². The Morgan fingerprint density at radius 3 is 2.52 bits per heavy atom. The van der Waals surface area contributed by atoms with Gasteiger partial charge in [0.25, 0.3) is 0 Å². The molecule has 0 unspecified atom stereocenters. The minimum Gasteiger partial charge on any atom is -0.419 e. The van der Waals surface area contributed by atoms with Gasteiger partial charge in [-0.3, -0.25) is 0 Å². The summed E-state index contributed by atoms with van der Waals surface area (Å²) in [5.41, 5.74) is 2.45. The Bertz CT molecular complexity index is 661. The van der Waals surface area contributed by atoms with E-state index in [2.05, 4.69) is 16.0 Å². The Kier molecular flexibility index (Phi) is 3.92. The van der Waals surface area contributed by atoms with Crippen molar-refractivity contribution < 1.29 is 4.42 Å². The molecule has 108 valence electrons. The first-order valence-corrected chi connectivity index (χ1v) is 7.51. The van der Waals surface area contributed by atoms with Crippen LogP contribution in [0.1, 0.15) is 36.9 Å². The van der Waals surface area contributed by atoms with Crippen LogP contribution in [0.5, 0.6) is 0 Å². The van der Waals surface area contributed by atoms with Crippen LogP contribution >= 0.6 is 0 Å². The molecular weight excluding hydrogens is 262 g/mol. The molecule has 0 bridgehead atoms. The van der Waals surface area contributed by atoms with Gasteiger partial charge in [0.1, 0.15) is 6.07 Å². The summed E-state index contributed by atoms with van der Waals surface area (Å²) in [6, 6.07) is 10.1. The lowest BCUT2D eigenvalue weighted by Gasteiger charge is -2.18. The molecule has 4 nitrogen and oxygen atoms in total. The fraction of sp³-hybridized carbons (Fsp3) is 0.412. The lowest BCUT2D eigenvalue weighted by atomic mass is 10.1. The minimum absolute atomic E-state index is 0.398. The number of aryl methyl sites for hydroxylation is 1. The van der Waals surface area contributed by atoms with Gasteiger partial charge in [0, 0.05) is 18.7 Å². The molecule has 0 aliphatic carbocycles. The Labute approximate surface area is 125 Å². The molecule has 21 heavy (non-hydrogen) atoms. The van der Waals surface area contributed by atoms with Crippen LogP contribution in [0.15, 0.2) is 28.7 Å². The van der Waals surface area contributed by atoms with Gasteiger partial charge in [-0.05, 0) is 31.4 Å². The normalized spacial score (nSPS) is 15.5. The third kappa shape index (κ3) is 2.78. The second-order valence-electron chi connectivity index (χ2n) is 5.50. The van der Waals surface area contributed by atoms with Crippen molar-refractivity contribution >= 4 is 5.88 Å². The van der Waals surface area contributed by atoms with Crippen LogP contribution in [-0.2, 0) is 0 Å². The van der Waals surface area contributed by atoms with Crippen molar-refractivity contribution in [2.45, 2.75) is 32.6 Å². The van der Waals surface area contributed by atoms with E-state index in [-0.39, 0.29) is 0 Å². The molecule has 0 atom stereocenters. The van der Waals surface area contributed by atoms with Crippen LogP contribution in [0.3, 0.4) is 0 Å². The quantitative estimate of drug-likeness (QED) is 0.837. The highest BCUT2D eigenvalue weighted by Crippen LogP contribution is 2.31. The van der Waals surface area contributed by atoms with Gasteiger partial charge in [0.05, 0.1) is 0 Å². The summed E-state index contributed by atoms with van der Waals surface area (Å²) in [7, 11) is 0. The molecule has 3 rings (SSSR count). The number of hydrogen-bond acceptors (Lipinski definition) is 4. The van der Waals surface area contributed by atoms with Crippen LogP contribution in [0.2, 0.25) is 0 Å². The fourth-order valence-electron chi connectivity index (χ4n) is 2.80. The van der Waals surface area contributed by atoms with Gasteiger partial charge >= 0.3 is 0 Å². The number of nitrogens with zero attached hydrogens (tertiary/aromatic N) is 3. The van der Waals surface area contributed by atoms with E-state index in [4.69, 9.17) is 4.42 Å². The molecule has 2 aromatic rings. The van der Waals surface area contributed by atoms with Gasteiger partial charge in [-0.15, -0.1) is 0 Å². The first kappa shape index (κ1) is 13.7. The van der Waals surface area contributed by atoms with Crippen molar-refractivity contribution in [3.05, 3.63) is 35.5 Å². The molecular formula is C17H19N3O. The minimum atomic E-state index is 0.398. The zero-order valence-electron chi connectivity index (χ0n) is 12.3. The molecule has 1 aromatic heterocycles. The summed E-state index contributed by atoms with van der Waals surface area (Å²) < 4.78 is 5.96. The summed E-state index contributed by atoms with van der Waals surface area (Å²) in [5, 5.41) is 9.35. The van der Waals surface area contributed by atoms with E-state index < -0.39 is 0 Å². The summed E-state index contributed by atoms with van der Waals surface area (Å²) in [6.07, 6.45) is 4.78. The van der Waals surface area contributed by atoms with Crippen LogP contribution in [0, 0.1) is 18.3 Å². The number of nitriles is 1. The SMILES string of the molecule is Cc1ccccc1-c1nc(C#N)c(N2CCCCCC2)o1. The van der Waals surface area contributed by atoms with Gasteiger partial charge in [0.2, 0.25) is 17.5 Å². The average Bonchev–Trinajstić information content (AvgIpc) is 2.74. The van der Waals surface area contributed by atoms with Gasteiger partial charge in [-0.1, -0.05) is 31.0 Å². The smallest absolute Gasteiger partial charge is 0.235 e. The second kappa shape index (κ2) is 6.01. The first-order valence-electron chi connectivity index (χ1n) is 7.51. The number of benzene rings is 1. The number of aromatic nitrogens is 1. The van der Waals surface area contributed by atoms with Crippen molar-refractivity contribution in [1.29, 1.82) is 5.26 Å². The topological polar surface area (TPSA) is 53.1 Å². The predicted molar refractivity (Wildman–Crippen MR) is 82.1 cm³/mol. The van der Waals surface area contributed by atoms with Crippen molar-refractivity contribution in [2.75, 3.05) is 18.0 Å². The fourth-order valence-corrected chi connectivity index (χ4v) is 2.80.